The summed E-state index contributed by atoms with van der Waals surface area (Å²) in [4.78, 5) is -0.295. The van der Waals surface area contributed by atoms with Crippen LogP contribution >= 0.6 is 11.8 Å². The molecule has 1 rings (SSSR count). The molecule has 0 saturated heterocycles. The highest BCUT2D eigenvalue weighted by Crippen LogP contribution is 2.17. The predicted octanol–water partition coefficient (Wildman–Crippen LogP) is 2.36. The number of rotatable bonds is 9. The average molecular weight is 334 g/mol. The number of sulfonamides is 1. The molecule has 0 spiro atoms. The molecule has 7 heteroatoms. The van der Waals surface area contributed by atoms with Gasteiger partial charge in [-0.2, -0.15) is 11.8 Å². The Balaban J connectivity index is 2.83. The molecule has 1 unspecified atom stereocenters. The van der Waals surface area contributed by atoms with Crippen molar-refractivity contribution in [3.63, 3.8) is 0 Å². The fraction of sp³-hybridized carbons (Fsp3) is 0.571. The van der Waals surface area contributed by atoms with Crippen molar-refractivity contribution in [2.75, 3.05) is 18.1 Å². The van der Waals surface area contributed by atoms with E-state index < -0.39 is 15.8 Å². The van der Waals surface area contributed by atoms with Crippen LogP contribution in [0.2, 0.25) is 0 Å². The monoisotopic (exact) mass is 334 g/mol. The van der Waals surface area contributed by atoms with Gasteiger partial charge in [0.1, 0.15) is 10.7 Å². The van der Waals surface area contributed by atoms with Crippen LogP contribution in [0.25, 0.3) is 0 Å². The molecule has 120 valence electrons. The van der Waals surface area contributed by atoms with E-state index in [4.69, 9.17) is 0 Å². The number of halogens is 1. The molecule has 0 aliphatic carbocycles. The summed E-state index contributed by atoms with van der Waals surface area (Å²) in [5.74, 6) is 0.864. The maximum atomic E-state index is 14.0. The van der Waals surface area contributed by atoms with Gasteiger partial charge >= 0.3 is 0 Å². The van der Waals surface area contributed by atoms with Crippen LogP contribution in [0.5, 0.6) is 0 Å². The number of hydrogen-bond donors (Lipinski definition) is 2. The van der Waals surface area contributed by atoms with Gasteiger partial charge in [-0.1, -0.05) is 19.9 Å². The first-order valence-electron chi connectivity index (χ1n) is 7.00. The summed E-state index contributed by atoms with van der Waals surface area (Å²) in [7, 11) is -3.82. The van der Waals surface area contributed by atoms with Crippen LogP contribution < -0.4 is 10.0 Å². The van der Waals surface area contributed by atoms with Crippen LogP contribution in [0.3, 0.4) is 0 Å². The van der Waals surface area contributed by atoms with Crippen LogP contribution in [0.15, 0.2) is 23.1 Å². The Bertz CT molecular complexity index is 550. The Kier molecular flexibility index (Phi) is 7.65. The van der Waals surface area contributed by atoms with Crippen molar-refractivity contribution in [3.05, 3.63) is 29.6 Å². The molecule has 4 nitrogen and oxygen atoms in total. The highest BCUT2D eigenvalue weighted by Gasteiger charge is 2.21. The molecular weight excluding hydrogens is 311 g/mol. The van der Waals surface area contributed by atoms with Crippen molar-refractivity contribution in [3.8, 4) is 0 Å². The van der Waals surface area contributed by atoms with E-state index in [0.29, 0.717) is 12.3 Å². The molecule has 0 heterocycles. The van der Waals surface area contributed by atoms with Crippen LogP contribution in [0.4, 0.5) is 4.39 Å². The van der Waals surface area contributed by atoms with Crippen molar-refractivity contribution < 1.29 is 12.8 Å². The Labute approximate surface area is 131 Å². The van der Waals surface area contributed by atoms with E-state index in [1.807, 2.05) is 13.8 Å². The molecule has 0 radical (unpaired) electrons. The first-order valence-corrected chi connectivity index (χ1v) is 9.63. The molecule has 0 aliphatic rings. The summed E-state index contributed by atoms with van der Waals surface area (Å²) >= 11 is 1.64. The second-order valence-corrected chi connectivity index (χ2v) is 7.73. The van der Waals surface area contributed by atoms with Crippen molar-refractivity contribution in [2.24, 2.45) is 0 Å². The fourth-order valence-electron chi connectivity index (χ4n) is 1.80. The smallest absolute Gasteiger partial charge is 0.243 e. The lowest BCUT2D eigenvalue weighted by Gasteiger charge is -2.14. The Morgan fingerprint density at radius 2 is 2.05 bits per heavy atom. The second kappa shape index (κ2) is 8.73. The SMILES string of the molecule is CCNCc1ccc(S(=O)(=O)NC(C)CSCC)c(F)c1. The number of nitrogens with one attached hydrogen (secondary N) is 2. The minimum Gasteiger partial charge on any atom is -0.313 e. The van der Waals surface area contributed by atoms with Crippen molar-refractivity contribution >= 4 is 21.8 Å². The molecule has 1 aromatic rings. The molecule has 0 aromatic heterocycles. The van der Waals surface area contributed by atoms with E-state index in [2.05, 4.69) is 10.0 Å². The molecule has 0 saturated carbocycles. The summed E-state index contributed by atoms with van der Waals surface area (Å²) in [6.45, 7) is 7.03. The quantitative estimate of drug-likeness (QED) is 0.728. The average Bonchev–Trinajstić information content (AvgIpc) is 2.42. The minimum atomic E-state index is -3.82. The Morgan fingerprint density at radius 1 is 1.33 bits per heavy atom. The van der Waals surface area contributed by atoms with E-state index in [0.717, 1.165) is 17.9 Å². The van der Waals surface area contributed by atoms with Crippen molar-refractivity contribution in [2.45, 2.75) is 38.3 Å². The molecular formula is C14H23FN2O2S2. The first kappa shape index (κ1) is 18.4. The maximum absolute atomic E-state index is 14.0. The van der Waals surface area contributed by atoms with E-state index in [1.165, 1.54) is 12.1 Å². The molecule has 21 heavy (non-hydrogen) atoms. The van der Waals surface area contributed by atoms with Crippen molar-refractivity contribution in [1.29, 1.82) is 0 Å². The lowest BCUT2D eigenvalue weighted by molar-refractivity contribution is 0.548. The third-order valence-corrected chi connectivity index (χ3v) is 5.56. The standard InChI is InChI=1S/C14H23FN2O2S2/c1-4-16-9-12-6-7-14(13(15)8-12)21(18,19)17-11(3)10-20-5-2/h6-8,11,16-17H,4-5,9-10H2,1-3H3. The van der Waals surface area contributed by atoms with E-state index in [1.54, 1.807) is 24.8 Å². The van der Waals surface area contributed by atoms with Gasteiger partial charge in [0.2, 0.25) is 10.0 Å². The van der Waals surface area contributed by atoms with Gasteiger partial charge in [0.05, 0.1) is 0 Å². The fourth-order valence-corrected chi connectivity index (χ4v) is 3.88. The summed E-state index contributed by atoms with van der Waals surface area (Å²) in [5, 5.41) is 3.07. The van der Waals surface area contributed by atoms with Gasteiger partial charge in [-0.3, -0.25) is 0 Å². The zero-order valence-corrected chi connectivity index (χ0v) is 14.3. The largest absolute Gasteiger partial charge is 0.313 e. The lowest BCUT2D eigenvalue weighted by atomic mass is 10.2. The van der Waals surface area contributed by atoms with E-state index >= 15 is 0 Å². The molecule has 1 atom stereocenters. The third kappa shape index (κ3) is 5.94. The second-order valence-electron chi connectivity index (χ2n) is 4.73. The molecule has 0 aliphatic heterocycles. The molecule has 2 N–H and O–H groups in total. The van der Waals surface area contributed by atoms with Gasteiger partial charge in [-0.25, -0.2) is 17.5 Å². The molecule has 1 aromatic carbocycles. The van der Waals surface area contributed by atoms with Gasteiger partial charge in [-0.05, 0) is 36.9 Å². The molecule has 0 amide bonds. The van der Waals surface area contributed by atoms with Gasteiger partial charge < -0.3 is 5.32 Å². The zero-order chi connectivity index (χ0) is 15.9. The van der Waals surface area contributed by atoms with Gasteiger partial charge in [0.25, 0.3) is 0 Å². The number of thioether (sulfide) groups is 1. The van der Waals surface area contributed by atoms with Crippen LogP contribution in [-0.2, 0) is 16.6 Å². The minimum absolute atomic E-state index is 0.235. The van der Waals surface area contributed by atoms with Crippen LogP contribution in [0.1, 0.15) is 26.3 Å². The molecule has 0 bridgehead atoms. The van der Waals surface area contributed by atoms with Crippen molar-refractivity contribution in [1.82, 2.24) is 10.0 Å². The van der Waals surface area contributed by atoms with Gasteiger partial charge in [0.15, 0.2) is 0 Å². The van der Waals surface area contributed by atoms with E-state index in [-0.39, 0.29) is 10.9 Å². The topological polar surface area (TPSA) is 58.2 Å². The Morgan fingerprint density at radius 3 is 2.62 bits per heavy atom. The highest BCUT2D eigenvalue weighted by atomic mass is 32.2. The summed E-state index contributed by atoms with van der Waals surface area (Å²) in [6, 6.07) is 3.99. The normalized spacial score (nSPS) is 13.3. The van der Waals surface area contributed by atoms with Crippen LogP contribution in [0, 0.1) is 5.82 Å². The third-order valence-electron chi connectivity index (χ3n) is 2.79. The van der Waals surface area contributed by atoms with E-state index in [9.17, 15) is 12.8 Å². The number of hydrogen-bond acceptors (Lipinski definition) is 4. The summed E-state index contributed by atoms with van der Waals surface area (Å²) in [5.41, 5.74) is 0.725. The zero-order valence-electron chi connectivity index (χ0n) is 12.6. The first-order chi connectivity index (χ1) is 9.90. The Hall–Kier alpha value is -0.630. The summed E-state index contributed by atoms with van der Waals surface area (Å²) in [6.07, 6.45) is 0. The lowest BCUT2D eigenvalue weighted by Crippen LogP contribution is -2.34. The molecule has 0 fully saturated rings. The number of benzene rings is 1. The summed E-state index contributed by atoms with van der Waals surface area (Å²) < 4.78 is 40.9. The maximum Gasteiger partial charge on any atom is 0.243 e. The van der Waals surface area contributed by atoms with Gasteiger partial charge in [-0.15, -0.1) is 0 Å². The highest BCUT2D eigenvalue weighted by molar-refractivity contribution is 7.99. The predicted molar refractivity (Wildman–Crippen MR) is 86.6 cm³/mol. The van der Waals surface area contributed by atoms with Crippen LogP contribution in [-0.4, -0.2) is 32.5 Å². The van der Waals surface area contributed by atoms with Gasteiger partial charge in [0, 0.05) is 18.3 Å².